The molecular weight excluding hydrogens is 361 g/mol. The molecule has 0 heterocycles. The van der Waals surface area contributed by atoms with Crippen LogP contribution in [0, 0.1) is 0 Å². The first-order valence-electron chi connectivity index (χ1n) is 10.3. The van der Waals surface area contributed by atoms with E-state index < -0.39 is 22.8 Å². The molecule has 0 aromatic carbocycles. The molecule has 1 aliphatic rings. The van der Waals surface area contributed by atoms with Crippen LogP contribution in [0.2, 0.25) is 19.6 Å². The predicted molar refractivity (Wildman–Crippen MR) is 113 cm³/mol. The van der Waals surface area contributed by atoms with E-state index in [0.29, 0.717) is 0 Å². The Balaban J connectivity index is 3.81. The average Bonchev–Trinajstić information content (AvgIpc) is 3.07. The molecule has 1 aliphatic carbocycles. The van der Waals surface area contributed by atoms with Gasteiger partial charge in [0.05, 0.1) is 0 Å². The third-order valence-corrected chi connectivity index (χ3v) is 16.0. The molecule has 25 heavy (non-hydrogen) atoms. The molecule has 0 saturated carbocycles. The molecule has 0 amide bonds. The Hall–Kier alpha value is 0.161. The fourth-order valence-corrected chi connectivity index (χ4v) is 16.3. The van der Waals surface area contributed by atoms with Crippen LogP contribution < -0.4 is 0 Å². The standard InChI is InChI=1S/C8H13Si.3C4H10N.V/c1-9(2,3)8-6-4-5-7-8;3*1-3-5-4-2;/h4,6H,5H2,1-3H3;3*3-4H2,1-2H3;/q;3*-1;+3. The van der Waals surface area contributed by atoms with Crippen LogP contribution in [0.15, 0.2) is 21.6 Å². The fraction of sp³-hybridized carbons (Fsp3) is 0.800. The topological polar surface area (TPSA) is 9.72 Å². The second-order valence-electron chi connectivity index (χ2n) is 7.70. The van der Waals surface area contributed by atoms with Crippen molar-refractivity contribution in [1.82, 2.24) is 11.2 Å². The van der Waals surface area contributed by atoms with E-state index in [1.165, 1.54) is 6.42 Å². The van der Waals surface area contributed by atoms with E-state index in [0.717, 1.165) is 39.3 Å². The first-order valence-corrected chi connectivity index (χ1v) is 16.4. The van der Waals surface area contributed by atoms with E-state index in [1.54, 1.807) is 5.20 Å². The summed E-state index contributed by atoms with van der Waals surface area (Å²) in [6.45, 7) is 28.7. The first-order chi connectivity index (χ1) is 11.8. The van der Waals surface area contributed by atoms with Gasteiger partial charge in [-0.2, -0.15) is 0 Å². The van der Waals surface area contributed by atoms with Gasteiger partial charge in [-0.25, -0.2) is 0 Å². The van der Waals surface area contributed by atoms with Crippen molar-refractivity contribution in [2.24, 2.45) is 0 Å². The van der Waals surface area contributed by atoms with Gasteiger partial charge in [0.25, 0.3) is 0 Å². The molecule has 0 N–H and O–H groups in total. The van der Waals surface area contributed by atoms with Gasteiger partial charge in [-0.3, -0.25) is 0 Å². The summed E-state index contributed by atoms with van der Waals surface area (Å²) in [7, 11) is -1.36. The van der Waals surface area contributed by atoms with Gasteiger partial charge in [-0.05, 0) is 0 Å². The van der Waals surface area contributed by atoms with Crippen LogP contribution in [-0.4, -0.2) is 58.6 Å². The summed E-state index contributed by atoms with van der Waals surface area (Å²) in [6.07, 6.45) is 6.12. The molecule has 3 nitrogen and oxygen atoms in total. The molecular formula is C20H43N3SiV. The first kappa shape index (κ1) is 23.2. The van der Waals surface area contributed by atoms with Crippen molar-refractivity contribution in [3.63, 3.8) is 0 Å². The summed E-state index contributed by atoms with van der Waals surface area (Å²) >= 11 is -2.54. The summed E-state index contributed by atoms with van der Waals surface area (Å²) in [5.41, 5.74) is 0. The molecule has 0 aromatic heterocycles. The zero-order valence-corrected chi connectivity index (χ0v) is 20.8. The maximum atomic E-state index is 2.88. The Kier molecular flexibility index (Phi) is 9.20. The second-order valence-corrected chi connectivity index (χ2v) is 18.0. The monoisotopic (exact) mass is 404 g/mol. The summed E-state index contributed by atoms with van der Waals surface area (Å²) in [5, 5.41) is 1.74. The molecule has 1 rings (SSSR count). The molecule has 0 unspecified atom stereocenters. The third-order valence-electron chi connectivity index (χ3n) is 5.45. The van der Waals surface area contributed by atoms with E-state index in [1.807, 2.05) is 4.28 Å². The van der Waals surface area contributed by atoms with Crippen LogP contribution in [0.25, 0.3) is 0 Å². The molecule has 5 heteroatoms. The summed E-state index contributed by atoms with van der Waals surface area (Å²) in [5.74, 6) is 0. The van der Waals surface area contributed by atoms with Crippen LogP contribution in [-0.2, 0) is 14.7 Å². The molecule has 0 bridgehead atoms. The van der Waals surface area contributed by atoms with Crippen LogP contribution in [0.1, 0.15) is 48.0 Å². The molecule has 0 radical (unpaired) electrons. The van der Waals surface area contributed by atoms with Gasteiger partial charge in [-0.15, -0.1) is 0 Å². The predicted octanol–water partition coefficient (Wildman–Crippen LogP) is 5.00. The molecule has 0 fully saturated rings. The summed E-state index contributed by atoms with van der Waals surface area (Å²) in [4.78, 5) is 0. The quantitative estimate of drug-likeness (QED) is 0.449. The van der Waals surface area contributed by atoms with E-state index in [4.69, 9.17) is 0 Å². The number of hydrogen-bond donors (Lipinski definition) is 0. The van der Waals surface area contributed by atoms with Gasteiger partial charge >= 0.3 is 163 Å². The van der Waals surface area contributed by atoms with Crippen LogP contribution >= 0.6 is 0 Å². The second kappa shape index (κ2) is 9.91. The van der Waals surface area contributed by atoms with E-state index in [-0.39, 0.29) is 0 Å². The van der Waals surface area contributed by atoms with Crippen molar-refractivity contribution in [2.75, 3.05) is 39.3 Å². The van der Waals surface area contributed by atoms with Crippen molar-refractivity contribution < 1.29 is 14.7 Å². The van der Waals surface area contributed by atoms with Crippen LogP contribution in [0.5, 0.6) is 0 Å². The van der Waals surface area contributed by atoms with Gasteiger partial charge < -0.3 is 0 Å². The Labute approximate surface area is 162 Å². The van der Waals surface area contributed by atoms with Crippen molar-refractivity contribution >= 4 is 8.07 Å². The fourth-order valence-electron chi connectivity index (χ4n) is 4.36. The summed E-state index contributed by atoms with van der Waals surface area (Å²) in [6, 6.07) is 0. The van der Waals surface area contributed by atoms with Gasteiger partial charge in [0.2, 0.25) is 0 Å². The average molecular weight is 405 g/mol. The Bertz CT molecular complexity index is 439. The van der Waals surface area contributed by atoms with Crippen molar-refractivity contribution in [2.45, 2.75) is 67.6 Å². The number of hydrogen-bond acceptors (Lipinski definition) is 3. The zero-order valence-electron chi connectivity index (χ0n) is 18.4. The molecule has 147 valence electrons. The third kappa shape index (κ3) is 4.36. The summed E-state index contributed by atoms with van der Waals surface area (Å²) < 4.78 is 10.5. The molecule has 0 atom stereocenters. The zero-order chi connectivity index (χ0) is 19.3. The maximum absolute atomic E-state index is 2.88. The Morgan fingerprint density at radius 1 is 0.760 bits per heavy atom. The minimum atomic E-state index is -2.54. The van der Waals surface area contributed by atoms with Gasteiger partial charge in [0, 0.05) is 0 Å². The number of nitrogens with zero attached hydrogens (tertiary/aromatic N) is 3. The van der Waals surface area contributed by atoms with Crippen molar-refractivity contribution in [1.29, 1.82) is 0 Å². The molecule has 0 spiro atoms. The van der Waals surface area contributed by atoms with Gasteiger partial charge in [-0.1, -0.05) is 0 Å². The number of rotatable bonds is 11. The molecule has 0 aliphatic heterocycles. The van der Waals surface area contributed by atoms with Crippen LogP contribution in [0.4, 0.5) is 0 Å². The number of allylic oxidation sites excluding steroid dienone is 4. The van der Waals surface area contributed by atoms with Gasteiger partial charge in [0.15, 0.2) is 0 Å². The van der Waals surface area contributed by atoms with E-state index in [9.17, 15) is 0 Å². The van der Waals surface area contributed by atoms with Gasteiger partial charge in [0.1, 0.15) is 0 Å². The van der Waals surface area contributed by atoms with E-state index >= 15 is 0 Å². The Morgan fingerprint density at radius 2 is 1.12 bits per heavy atom. The SMILES string of the molecule is CC[N](CC)[V]([C]1=C([Si](C)(C)C)C=CC1)([N](CC)CC)[N](CC)CC. The van der Waals surface area contributed by atoms with Crippen molar-refractivity contribution in [3.05, 3.63) is 21.6 Å². The molecule has 0 saturated heterocycles. The van der Waals surface area contributed by atoms with Crippen molar-refractivity contribution in [3.8, 4) is 0 Å². The Morgan fingerprint density at radius 3 is 1.40 bits per heavy atom. The van der Waals surface area contributed by atoms with Crippen LogP contribution in [0.3, 0.4) is 0 Å². The minimum absolute atomic E-state index is 1.15. The normalized spacial score (nSPS) is 16.2. The molecule has 0 aromatic rings. The van der Waals surface area contributed by atoms with E-state index in [2.05, 4.69) is 84.6 Å².